The van der Waals surface area contributed by atoms with Crippen molar-refractivity contribution in [1.29, 1.82) is 0 Å². The Hall–Kier alpha value is -1.45. The Morgan fingerprint density at radius 2 is 2.07 bits per heavy atom. The number of allylic oxidation sites excluding steroid dienone is 2. The number of rotatable bonds is 2. The molecule has 0 saturated heterocycles. The highest BCUT2D eigenvalue weighted by atomic mass is 16.3. The first-order chi connectivity index (χ1) is 13.5. The topological polar surface area (TPSA) is 53.4 Å². The van der Waals surface area contributed by atoms with E-state index in [4.69, 9.17) is 0 Å². The number of nitrogens with zero attached hydrogens (tertiary/aromatic N) is 1. The number of aliphatic hydroxyl groups is 2. The Balaban J connectivity index is 1.54. The molecular formula is C25H33NO2. The van der Waals surface area contributed by atoms with Crippen molar-refractivity contribution in [2.75, 3.05) is 6.61 Å². The molecule has 0 aromatic carbocycles. The standard InChI is InChI=1S/C25H33NO2/c1-16-12-18-13-19(28)7-9-24(18,2)21-8-10-25(15-27)20(5-6-22(25)23(16)21)17-4-3-11-26-14-17/h3-5,11-12,14,16,19,21-23,27-28H,6-10,13,15H2,1-2H3/t16-,19-,21-,22-,23+,24-,25-/m0/s1. The molecule has 2 N–H and O–H groups in total. The van der Waals surface area contributed by atoms with Crippen molar-refractivity contribution >= 4 is 5.57 Å². The smallest absolute Gasteiger partial charge is 0.0577 e. The van der Waals surface area contributed by atoms with Crippen LogP contribution in [0.4, 0.5) is 0 Å². The van der Waals surface area contributed by atoms with Crippen molar-refractivity contribution in [3.63, 3.8) is 0 Å². The first-order valence-electron chi connectivity index (χ1n) is 11.1. The molecule has 0 spiro atoms. The van der Waals surface area contributed by atoms with Crippen molar-refractivity contribution in [2.24, 2.45) is 34.5 Å². The van der Waals surface area contributed by atoms with Crippen LogP contribution in [0.2, 0.25) is 0 Å². The van der Waals surface area contributed by atoms with E-state index in [0.717, 1.165) is 32.1 Å². The van der Waals surface area contributed by atoms with Crippen LogP contribution < -0.4 is 0 Å². The number of fused-ring (bicyclic) bond motifs is 5. The minimum Gasteiger partial charge on any atom is -0.395 e. The minimum atomic E-state index is -0.159. The maximum absolute atomic E-state index is 10.7. The molecule has 0 amide bonds. The lowest BCUT2D eigenvalue weighted by Crippen LogP contribution is -2.53. The van der Waals surface area contributed by atoms with Gasteiger partial charge in [0.1, 0.15) is 0 Å². The fourth-order valence-corrected chi connectivity index (χ4v) is 7.62. The Morgan fingerprint density at radius 1 is 1.21 bits per heavy atom. The van der Waals surface area contributed by atoms with Crippen molar-refractivity contribution in [3.8, 4) is 0 Å². The van der Waals surface area contributed by atoms with Crippen LogP contribution in [0.15, 0.2) is 42.3 Å². The Bertz CT molecular complexity index is 815. The summed E-state index contributed by atoms with van der Waals surface area (Å²) >= 11 is 0. The summed E-state index contributed by atoms with van der Waals surface area (Å²) in [4.78, 5) is 4.35. The van der Waals surface area contributed by atoms with Gasteiger partial charge in [0.15, 0.2) is 0 Å². The molecule has 1 aromatic heterocycles. The van der Waals surface area contributed by atoms with Crippen LogP contribution in [0, 0.1) is 34.5 Å². The summed E-state index contributed by atoms with van der Waals surface area (Å²) in [5.41, 5.74) is 4.14. The highest BCUT2D eigenvalue weighted by Crippen LogP contribution is 2.67. The molecule has 0 aliphatic heterocycles. The average Bonchev–Trinajstić information content (AvgIpc) is 3.10. The molecule has 3 heteroatoms. The summed E-state index contributed by atoms with van der Waals surface area (Å²) in [6.07, 6.45) is 14.7. The lowest BCUT2D eigenvalue weighted by Gasteiger charge is -2.59. The highest BCUT2D eigenvalue weighted by molar-refractivity contribution is 5.73. The van der Waals surface area contributed by atoms with Gasteiger partial charge in [0.05, 0.1) is 12.7 Å². The minimum absolute atomic E-state index is 0.117. The first kappa shape index (κ1) is 18.6. The molecule has 150 valence electrons. The SMILES string of the molecule is C[C@H]1C=C2C[C@@H](O)CC[C@]2(C)[C@H]2CC[C@]3(CO)C(c4cccnc4)=CC[C@H]3[C@H]12. The zero-order valence-corrected chi connectivity index (χ0v) is 17.1. The molecule has 2 fully saturated rings. The fraction of sp³-hybridized carbons (Fsp3) is 0.640. The van der Waals surface area contributed by atoms with Gasteiger partial charge in [0.2, 0.25) is 0 Å². The second kappa shape index (κ2) is 6.53. The molecule has 3 nitrogen and oxygen atoms in total. The maximum atomic E-state index is 10.7. The van der Waals surface area contributed by atoms with E-state index in [1.807, 2.05) is 18.5 Å². The number of hydrogen-bond acceptors (Lipinski definition) is 3. The quantitative estimate of drug-likeness (QED) is 0.738. The second-order valence-corrected chi connectivity index (χ2v) is 10.1. The van der Waals surface area contributed by atoms with Gasteiger partial charge in [0.25, 0.3) is 0 Å². The lowest BCUT2D eigenvalue weighted by molar-refractivity contribution is -0.0625. The first-order valence-corrected chi connectivity index (χ1v) is 11.1. The van der Waals surface area contributed by atoms with Gasteiger partial charge < -0.3 is 10.2 Å². The summed E-state index contributed by atoms with van der Waals surface area (Å²) in [5.74, 6) is 2.29. The van der Waals surface area contributed by atoms with Crippen molar-refractivity contribution in [2.45, 2.75) is 58.5 Å². The normalized spacial score (nSPS) is 44.8. The van der Waals surface area contributed by atoms with Gasteiger partial charge in [-0.05, 0) is 84.8 Å². The van der Waals surface area contributed by atoms with Gasteiger partial charge in [-0.15, -0.1) is 0 Å². The molecule has 4 aliphatic carbocycles. The van der Waals surface area contributed by atoms with E-state index in [1.165, 1.54) is 23.1 Å². The fourth-order valence-electron chi connectivity index (χ4n) is 7.62. The molecule has 0 unspecified atom stereocenters. The third kappa shape index (κ3) is 2.45. The van der Waals surface area contributed by atoms with Gasteiger partial charge >= 0.3 is 0 Å². The van der Waals surface area contributed by atoms with E-state index in [1.54, 1.807) is 0 Å². The van der Waals surface area contributed by atoms with Gasteiger partial charge in [0, 0.05) is 17.8 Å². The van der Waals surface area contributed by atoms with E-state index in [-0.39, 0.29) is 23.5 Å². The molecule has 2 saturated carbocycles. The summed E-state index contributed by atoms with van der Waals surface area (Å²) in [6, 6.07) is 4.16. The summed E-state index contributed by atoms with van der Waals surface area (Å²) in [7, 11) is 0. The van der Waals surface area contributed by atoms with Crippen molar-refractivity contribution in [1.82, 2.24) is 4.98 Å². The van der Waals surface area contributed by atoms with E-state index in [0.29, 0.717) is 23.7 Å². The van der Waals surface area contributed by atoms with Gasteiger partial charge in [-0.3, -0.25) is 4.98 Å². The average molecular weight is 380 g/mol. The predicted octanol–water partition coefficient (Wildman–Crippen LogP) is 4.62. The van der Waals surface area contributed by atoms with Crippen LogP contribution in [0.5, 0.6) is 0 Å². The largest absolute Gasteiger partial charge is 0.395 e. The lowest BCUT2D eigenvalue weighted by atomic mass is 9.45. The third-order valence-electron chi connectivity index (χ3n) is 8.98. The van der Waals surface area contributed by atoms with E-state index in [9.17, 15) is 10.2 Å². The third-order valence-corrected chi connectivity index (χ3v) is 8.98. The van der Waals surface area contributed by atoms with Crippen LogP contribution in [0.1, 0.15) is 57.9 Å². The second-order valence-electron chi connectivity index (χ2n) is 10.1. The Labute approximate surface area is 168 Å². The van der Waals surface area contributed by atoms with Crippen LogP contribution in [-0.2, 0) is 0 Å². The highest BCUT2D eigenvalue weighted by Gasteiger charge is 2.59. The molecule has 4 aliphatic rings. The zero-order chi connectivity index (χ0) is 19.5. The van der Waals surface area contributed by atoms with Gasteiger partial charge in [-0.2, -0.15) is 0 Å². The van der Waals surface area contributed by atoms with Crippen LogP contribution in [0.25, 0.3) is 5.57 Å². The Morgan fingerprint density at radius 3 is 2.82 bits per heavy atom. The number of pyridine rings is 1. The number of hydrogen-bond donors (Lipinski definition) is 2. The molecule has 28 heavy (non-hydrogen) atoms. The van der Waals surface area contributed by atoms with E-state index in [2.05, 4.69) is 37.0 Å². The summed E-state index contributed by atoms with van der Waals surface area (Å²) < 4.78 is 0. The van der Waals surface area contributed by atoms with Crippen molar-refractivity contribution in [3.05, 3.63) is 47.8 Å². The maximum Gasteiger partial charge on any atom is 0.0577 e. The number of aliphatic hydroxyl groups excluding tert-OH is 2. The molecule has 1 aromatic rings. The van der Waals surface area contributed by atoms with Gasteiger partial charge in [-0.25, -0.2) is 0 Å². The number of aromatic nitrogens is 1. The van der Waals surface area contributed by atoms with E-state index < -0.39 is 0 Å². The molecule has 0 bridgehead atoms. The summed E-state index contributed by atoms with van der Waals surface area (Å²) in [6.45, 7) is 5.08. The van der Waals surface area contributed by atoms with Gasteiger partial charge in [-0.1, -0.05) is 37.6 Å². The molecule has 7 atom stereocenters. The zero-order valence-electron chi connectivity index (χ0n) is 17.1. The van der Waals surface area contributed by atoms with Crippen molar-refractivity contribution < 1.29 is 10.2 Å². The van der Waals surface area contributed by atoms with Crippen LogP contribution in [0.3, 0.4) is 0 Å². The summed E-state index contributed by atoms with van der Waals surface area (Å²) in [5, 5.41) is 20.9. The van der Waals surface area contributed by atoms with Crippen LogP contribution in [-0.4, -0.2) is 27.9 Å². The van der Waals surface area contributed by atoms with Crippen LogP contribution >= 0.6 is 0 Å². The molecular weight excluding hydrogens is 346 g/mol. The molecule has 0 radical (unpaired) electrons. The molecule has 5 rings (SSSR count). The Kier molecular flexibility index (Phi) is 4.33. The monoisotopic (exact) mass is 379 g/mol. The molecule has 1 heterocycles. The van der Waals surface area contributed by atoms with E-state index >= 15 is 0 Å². The predicted molar refractivity (Wildman–Crippen MR) is 111 cm³/mol.